The van der Waals surface area contributed by atoms with Crippen molar-refractivity contribution < 1.29 is 18.7 Å². The third-order valence-corrected chi connectivity index (χ3v) is 4.77. The van der Waals surface area contributed by atoms with Gasteiger partial charge >= 0.3 is 6.09 Å². The molecule has 0 radical (unpaired) electrons. The van der Waals surface area contributed by atoms with Gasteiger partial charge in [-0.05, 0) is 38.5 Å². The Kier molecular flexibility index (Phi) is 5.67. The van der Waals surface area contributed by atoms with Crippen molar-refractivity contribution in [3.63, 3.8) is 0 Å². The lowest BCUT2D eigenvalue weighted by molar-refractivity contribution is -0.137. The SMILES string of the molecule is CC(C)(C)OC(=O)N1CCN(C(=O)C2CNNC2c2ccc(F)cc2)CC1. The van der Waals surface area contributed by atoms with Crippen LogP contribution in [0.25, 0.3) is 0 Å². The molecule has 1 aromatic carbocycles. The minimum atomic E-state index is -0.534. The Morgan fingerprint density at radius 3 is 2.26 bits per heavy atom. The molecule has 0 spiro atoms. The molecule has 0 bridgehead atoms. The monoisotopic (exact) mass is 378 g/mol. The standard InChI is InChI=1S/C19H27FN4O3/c1-19(2,3)27-18(26)24-10-8-23(9-11-24)17(25)15-12-21-22-16(15)13-4-6-14(20)7-5-13/h4-7,15-16,21-22H,8-12H2,1-3H3. The second kappa shape index (κ2) is 7.82. The number of rotatable bonds is 2. The van der Waals surface area contributed by atoms with Crippen molar-refractivity contribution >= 4 is 12.0 Å². The maximum atomic E-state index is 13.2. The Hall–Kier alpha value is -2.19. The maximum Gasteiger partial charge on any atom is 0.410 e. The average molecular weight is 378 g/mol. The molecule has 148 valence electrons. The van der Waals surface area contributed by atoms with Gasteiger partial charge in [0.25, 0.3) is 0 Å². The predicted molar refractivity (Wildman–Crippen MR) is 98.2 cm³/mol. The lowest BCUT2D eigenvalue weighted by atomic mass is 9.93. The van der Waals surface area contributed by atoms with Gasteiger partial charge in [0.15, 0.2) is 0 Å². The highest BCUT2D eigenvalue weighted by Crippen LogP contribution is 2.27. The molecule has 0 aromatic heterocycles. The summed E-state index contributed by atoms with van der Waals surface area (Å²) in [5.41, 5.74) is 6.48. The smallest absolute Gasteiger partial charge is 0.410 e. The Morgan fingerprint density at radius 2 is 1.67 bits per heavy atom. The summed E-state index contributed by atoms with van der Waals surface area (Å²) in [5.74, 6) is -0.542. The molecular formula is C19H27FN4O3. The van der Waals surface area contributed by atoms with Crippen LogP contribution in [0.1, 0.15) is 32.4 Å². The van der Waals surface area contributed by atoms with Gasteiger partial charge in [0.05, 0.1) is 12.0 Å². The lowest BCUT2D eigenvalue weighted by Crippen LogP contribution is -2.53. The van der Waals surface area contributed by atoms with E-state index in [0.717, 1.165) is 5.56 Å². The highest BCUT2D eigenvalue weighted by Gasteiger charge is 2.38. The molecule has 2 N–H and O–H groups in total. The summed E-state index contributed by atoms with van der Waals surface area (Å²) in [4.78, 5) is 28.6. The van der Waals surface area contributed by atoms with Crippen molar-refractivity contribution in [3.05, 3.63) is 35.6 Å². The Morgan fingerprint density at radius 1 is 1.07 bits per heavy atom. The molecule has 7 nitrogen and oxygen atoms in total. The van der Waals surface area contributed by atoms with E-state index in [2.05, 4.69) is 10.9 Å². The van der Waals surface area contributed by atoms with Gasteiger partial charge in [-0.2, -0.15) is 0 Å². The number of nitrogens with one attached hydrogen (secondary N) is 2. The summed E-state index contributed by atoms with van der Waals surface area (Å²) in [6.45, 7) is 7.87. The van der Waals surface area contributed by atoms with Crippen LogP contribution >= 0.6 is 0 Å². The minimum Gasteiger partial charge on any atom is -0.444 e. The van der Waals surface area contributed by atoms with Gasteiger partial charge in [0, 0.05) is 32.7 Å². The molecule has 2 unspecified atom stereocenters. The summed E-state index contributed by atoms with van der Waals surface area (Å²) in [6.07, 6.45) is -0.344. The quantitative estimate of drug-likeness (QED) is 0.819. The van der Waals surface area contributed by atoms with E-state index in [0.29, 0.717) is 32.7 Å². The number of hydrazine groups is 1. The number of hydrogen-bond acceptors (Lipinski definition) is 5. The second-order valence-corrected chi connectivity index (χ2v) is 7.95. The van der Waals surface area contributed by atoms with Gasteiger partial charge in [0.2, 0.25) is 5.91 Å². The van der Waals surface area contributed by atoms with E-state index in [1.54, 1.807) is 21.9 Å². The largest absolute Gasteiger partial charge is 0.444 e. The second-order valence-electron chi connectivity index (χ2n) is 7.95. The number of carbonyl (C=O) groups is 2. The van der Waals surface area contributed by atoms with Gasteiger partial charge < -0.3 is 14.5 Å². The van der Waals surface area contributed by atoms with Crippen molar-refractivity contribution in [1.29, 1.82) is 0 Å². The van der Waals surface area contributed by atoms with Crippen LogP contribution < -0.4 is 10.9 Å². The van der Waals surface area contributed by atoms with Crippen molar-refractivity contribution in [1.82, 2.24) is 20.7 Å². The van der Waals surface area contributed by atoms with Crippen LogP contribution in [0.4, 0.5) is 9.18 Å². The van der Waals surface area contributed by atoms with Gasteiger partial charge in [0.1, 0.15) is 11.4 Å². The summed E-state index contributed by atoms with van der Waals surface area (Å²) < 4.78 is 18.6. The van der Waals surface area contributed by atoms with E-state index in [1.165, 1.54) is 12.1 Å². The van der Waals surface area contributed by atoms with Crippen LogP contribution in [-0.2, 0) is 9.53 Å². The number of piperazine rings is 1. The zero-order chi connectivity index (χ0) is 19.6. The van der Waals surface area contributed by atoms with Crippen molar-refractivity contribution in [2.45, 2.75) is 32.4 Å². The fourth-order valence-electron chi connectivity index (χ4n) is 3.38. The average Bonchev–Trinajstić information content (AvgIpc) is 3.10. The summed E-state index contributed by atoms with van der Waals surface area (Å²) in [7, 11) is 0. The number of ether oxygens (including phenoxy) is 1. The number of halogens is 1. The first-order valence-corrected chi connectivity index (χ1v) is 9.25. The number of hydrogen-bond donors (Lipinski definition) is 2. The van der Waals surface area contributed by atoms with E-state index in [4.69, 9.17) is 4.74 Å². The topological polar surface area (TPSA) is 73.9 Å². The molecule has 2 saturated heterocycles. The molecule has 3 rings (SSSR count). The Balaban J connectivity index is 1.58. The van der Waals surface area contributed by atoms with E-state index in [-0.39, 0.29) is 29.8 Å². The van der Waals surface area contributed by atoms with Crippen molar-refractivity contribution in [2.75, 3.05) is 32.7 Å². The van der Waals surface area contributed by atoms with E-state index < -0.39 is 5.60 Å². The third kappa shape index (κ3) is 4.75. The molecule has 2 amide bonds. The Labute approximate surface area is 158 Å². The molecule has 27 heavy (non-hydrogen) atoms. The highest BCUT2D eigenvalue weighted by atomic mass is 19.1. The summed E-state index contributed by atoms with van der Waals surface area (Å²) in [6, 6.07) is 5.98. The van der Waals surface area contributed by atoms with Crippen LogP contribution in [-0.4, -0.2) is 60.1 Å². The van der Waals surface area contributed by atoms with Crippen LogP contribution in [0.15, 0.2) is 24.3 Å². The first-order chi connectivity index (χ1) is 12.7. The fraction of sp³-hybridized carbons (Fsp3) is 0.579. The fourth-order valence-corrected chi connectivity index (χ4v) is 3.38. The molecule has 0 aliphatic carbocycles. The number of benzene rings is 1. The molecule has 2 aliphatic heterocycles. The number of nitrogens with zero attached hydrogens (tertiary/aromatic N) is 2. The van der Waals surface area contributed by atoms with Crippen molar-refractivity contribution in [3.8, 4) is 0 Å². The molecular weight excluding hydrogens is 351 g/mol. The van der Waals surface area contributed by atoms with Gasteiger partial charge in [-0.15, -0.1) is 0 Å². The van der Waals surface area contributed by atoms with Crippen molar-refractivity contribution in [2.24, 2.45) is 5.92 Å². The molecule has 2 fully saturated rings. The Bertz CT molecular complexity index is 681. The maximum absolute atomic E-state index is 13.2. The lowest BCUT2D eigenvalue weighted by Gasteiger charge is -2.37. The normalized spacial score (nSPS) is 23.4. The highest BCUT2D eigenvalue weighted by molar-refractivity contribution is 5.81. The van der Waals surface area contributed by atoms with E-state index in [9.17, 15) is 14.0 Å². The zero-order valence-electron chi connectivity index (χ0n) is 16.0. The molecule has 8 heteroatoms. The van der Waals surface area contributed by atoms with Crippen LogP contribution in [0.2, 0.25) is 0 Å². The van der Waals surface area contributed by atoms with E-state index in [1.807, 2.05) is 20.8 Å². The van der Waals surface area contributed by atoms with Gasteiger partial charge in [-0.3, -0.25) is 10.2 Å². The first-order valence-electron chi connectivity index (χ1n) is 9.25. The van der Waals surface area contributed by atoms with E-state index >= 15 is 0 Å². The molecule has 2 atom stereocenters. The molecule has 0 saturated carbocycles. The summed E-state index contributed by atoms with van der Waals surface area (Å²) >= 11 is 0. The minimum absolute atomic E-state index is 0.0330. The number of amides is 2. The first kappa shape index (κ1) is 19.6. The predicted octanol–water partition coefficient (Wildman–Crippen LogP) is 1.67. The zero-order valence-corrected chi connectivity index (χ0v) is 16.0. The van der Waals surface area contributed by atoms with Crippen LogP contribution in [0, 0.1) is 11.7 Å². The van der Waals surface area contributed by atoms with Crippen LogP contribution in [0.5, 0.6) is 0 Å². The molecule has 1 aromatic rings. The summed E-state index contributed by atoms with van der Waals surface area (Å²) in [5, 5.41) is 0. The number of carbonyl (C=O) groups excluding carboxylic acids is 2. The van der Waals surface area contributed by atoms with Gasteiger partial charge in [-0.1, -0.05) is 12.1 Å². The molecule has 2 aliphatic rings. The molecule has 2 heterocycles. The van der Waals surface area contributed by atoms with Crippen LogP contribution in [0.3, 0.4) is 0 Å². The van der Waals surface area contributed by atoms with Gasteiger partial charge in [-0.25, -0.2) is 14.6 Å². The third-order valence-electron chi connectivity index (χ3n) is 4.77.